The number of aromatic hydroxyl groups is 1. The SMILES string of the molecule is CC(C)c1noc(N2CCN(C(=O)c3ccc(O)cc3)CC2)n1. The molecule has 1 N–H and O–H groups in total. The molecule has 1 amide bonds. The van der Waals surface area contributed by atoms with Crippen molar-refractivity contribution in [2.24, 2.45) is 0 Å². The monoisotopic (exact) mass is 316 g/mol. The Morgan fingerprint density at radius 3 is 2.39 bits per heavy atom. The molecule has 0 radical (unpaired) electrons. The van der Waals surface area contributed by atoms with Crippen molar-refractivity contribution in [3.8, 4) is 5.75 Å². The van der Waals surface area contributed by atoms with Gasteiger partial charge in [0.1, 0.15) is 5.75 Å². The summed E-state index contributed by atoms with van der Waals surface area (Å²) in [6, 6.07) is 6.84. The van der Waals surface area contributed by atoms with Gasteiger partial charge in [-0.15, -0.1) is 0 Å². The molecule has 23 heavy (non-hydrogen) atoms. The Kier molecular flexibility index (Phi) is 4.18. The molecule has 1 saturated heterocycles. The lowest BCUT2D eigenvalue weighted by Gasteiger charge is -2.33. The first-order valence-corrected chi connectivity index (χ1v) is 7.71. The summed E-state index contributed by atoms with van der Waals surface area (Å²) in [5, 5.41) is 13.3. The molecular weight excluding hydrogens is 296 g/mol. The van der Waals surface area contributed by atoms with E-state index in [-0.39, 0.29) is 17.6 Å². The van der Waals surface area contributed by atoms with Gasteiger partial charge in [-0.05, 0) is 24.3 Å². The van der Waals surface area contributed by atoms with Crippen LogP contribution in [0.2, 0.25) is 0 Å². The predicted molar refractivity (Wildman–Crippen MR) is 84.6 cm³/mol. The van der Waals surface area contributed by atoms with Gasteiger partial charge in [0.05, 0.1) is 0 Å². The highest BCUT2D eigenvalue weighted by atomic mass is 16.5. The summed E-state index contributed by atoms with van der Waals surface area (Å²) < 4.78 is 5.29. The Balaban J connectivity index is 1.61. The van der Waals surface area contributed by atoms with Crippen LogP contribution in [-0.2, 0) is 0 Å². The largest absolute Gasteiger partial charge is 0.508 e. The molecule has 2 heterocycles. The molecule has 1 aliphatic heterocycles. The summed E-state index contributed by atoms with van der Waals surface area (Å²) in [6.45, 7) is 6.54. The Bertz CT molecular complexity index is 673. The zero-order chi connectivity index (χ0) is 16.4. The van der Waals surface area contributed by atoms with Crippen molar-refractivity contribution in [3.05, 3.63) is 35.7 Å². The van der Waals surface area contributed by atoms with Crippen molar-refractivity contribution < 1.29 is 14.4 Å². The fourth-order valence-electron chi connectivity index (χ4n) is 2.48. The molecule has 1 fully saturated rings. The molecule has 0 atom stereocenters. The van der Waals surface area contributed by atoms with Crippen LogP contribution in [0.5, 0.6) is 5.75 Å². The van der Waals surface area contributed by atoms with Gasteiger partial charge in [-0.2, -0.15) is 4.98 Å². The average Bonchev–Trinajstić information content (AvgIpc) is 3.05. The van der Waals surface area contributed by atoms with Crippen LogP contribution >= 0.6 is 0 Å². The molecule has 0 unspecified atom stereocenters. The second kappa shape index (κ2) is 6.28. The van der Waals surface area contributed by atoms with Gasteiger partial charge in [0.25, 0.3) is 5.91 Å². The molecule has 1 aromatic carbocycles. The first-order chi connectivity index (χ1) is 11.0. The molecule has 2 aromatic rings. The third-order valence-electron chi connectivity index (χ3n) is 3.90. The van der Waals surface area contributed by atoms with E-state index in [1.165, 1.54) is 12.1 Å². The predicted octanol–water partition coefficient (Wildman–Crippen LogP) is 1.86. The number of phenolic OH excluding ortho intramolecular Hbond substituents is 1. The van der Waals surface area contributed by atoms with Gasteiger partial charge in [0.15, 0.2) is 5.82 Å². The number of phenols is 1. The summed E-state index contributed by atoms with van der Waals surface area (Å²) >= 11 is 0. The van der Waals surface area contributed by atoms with Crippen molar-refractivity contribution in [2.45, 2.75) is 19.8 Å². The molecule has 0 spiro atoms. The number of anilines is 1. The molecule has 3 rings (SSSR count). The van der Waals surface area contributed by atoms with E-state index in [2.05, 4.69) is 10.1 Å². The molecular formula is C16H20N4O3. The Hall–Kier alpha value is -2.57. The lowest BCUT2D eigenvalue weighted by molar-refractivity contribution is 0.0744. The van der Waals surface area contributed by atoms with Crippen molar-refractivity contribution in [3.63, 3.8) is 0 Å². The van der Waals surface area contributed by atoms with Gasteiger partial charge in [0, 0.05) is 37.7 Å². The maximum absolute atomic E-state index is 12.4. The Labute approximate surface area is 134 Å². The van der Waals surface area contributed by atoms with Gasteiger partial charge < -0.3 is 19.4 Å². The van der Waals surface area contributed by atoms with Crippen molar-refractivity contribution in [1.29, 1.82) is 0 Å². The van der Waals surface area contributed by atoms with Crippen LogP contribution in [0.15, 0.2) is 28.8 Å². The Morgan fingerprint density at radius 2 is 1.83 bits per heavy atom. The van der Waals surface area contributed by atoms with E-state index in [0.29, 0.717) is 43.6 Å². The third-order valence-corrected chi connectivity index (χ3v) is 3.90. The maximum atomic E-state index is 12.4. The van der Waals surface area contributed by atoms with Crippen molar-refractivity contribution in [2.75, 3.05) is 31.1 Å². The summed E-state index contributed by atoms with van der Waals surface area (Å²) in [5.74, 6) is 1.05. The van der Waals surface area contributed by atoms with E-state index < -0.39 is 0 Å². The second-order valence-corrected chi connectivity index (χ2v) is 5.92. The summed E-state index contributed by atoms with van der Waals surface area (Å²) in [7, 11) is 0. The number of hydrogen-bond acceptors (Lipinski definition) is 6. The van der Waals surface area contributed by atoms with Gasteiger partial charge in [0.2, 0.25) is 0 Å². The minimum atomic E-state index is -0.0296. The standard InChI is InChI=1S/C16H20N4O3/c1-11(2)14-17-16(23-18-14)20-9-7-19(8-10-20)15(22)12-3-5-13(21)6-4-12/h3-6,11,21H,7-10H2,1-2H3. The van der Waals surface area contributed by atoms with Crippen LogP contribution in [0.3, 0.4) is 0 Å². The van der Waals surface area contributed by atoms with E-state index in [1.54, 1.807) is 17.0 Å². The third kappa shape index (κ3) is 3.28. The van der Waals surface area contributed by atoms with Gasteiger partial charge >= 0.3 is 6.01 Å². The van der Waals surface area contributed by atoms with Gasteiger partial charge in [-0.1, -0.05) is 19.0 Å². The number of carbonyl (C=O) groups is 1. The number of nitrogens with zero attached hydrogens (tertiary/aromatic N) is 4. The van der Waals surface area contributed by atoms with Crippen molar-refractivity contribution >= 4 is 11.9 Å². The van der Waals surface area contributed by atoms with Gasteiger partial charge in [-0.25, -0.2) is 0 Å². The molecule has 1 aliphatic rings. The number of rotatable bonds is 3. The smallest absolute Gasteiger partial charge is 0.324 e. The molecule has 0 bridgehead atoms. The normalized spacial score (nSPS) is 15.3. The van der Waals surface area contributed by atoms with Crippen LogP contribution < -0.4 is 4.90 Å². The number of carbonyl (C=O) groups excluding carboxylic acids is 1. The number of piperazine rings is 1. The summed E-state index contributed by atoms with van der Waals surface area (Å²) in [4.78, 5) is 20.6. The van der Waals surface area contributed by atoms with Crippen LogP contribution in [0.25, 0.3) is 0 Å². The van der Waals surface area contributed by atoms with Crippen LogP contribution in [-0.4, -0.2) is 52.2 Å². The average molecular weight is 316 g/mol. The lowest BCUT2D eigenvalue weighted by atomic mass is 10.1. The van der Waals surface area contributed by atoms with Crippen LogP contribution in [0, 0.1) is 0 Å². The van der Waals surface area contributed by atoms with E-state index >= 15 is 0 Å². The van der Waals surface area contributed by atoms with Gasteiger partial charge in [-0.3, -0.25) is 4.79 Å². The highest BCUT2D eigenvalue weighted by Gasteiger charge is 2.25. The maximum Gasteiger partial charge on any atom is 0.324 e. The first kappa shape index (κ1) is 15.3. The van der Waals surface area contributed by atoms with Crippen molar-refractivity contribution in [1.82, 2.24) is 15.0 Å². The zero-order valence-electron chi connectivity index (χ0n) is 13.3. The second-order valence-electron chi connectivity index (χ2n) is 5.92. The molecule has 0 saturated carbocycles. The quantitative estimate of drug-likeness (QED) is 0.930. The van der Waals surface area contributed by atoms with E-state index in [1.807, 2.05) is 18.7 Å². The zero-order valence-corrected chi connectivity index (χ0v) is 13.3. The molecule has 7 nitrogen and oxygen atoms in total. The minimum Gasteiger partial charge on any atom is -0.508 e. The fraction of sp³-hybridized carbons (Fsp3) is 0.438. The number of hydrogen-bond donors (Lipinski definition) is 1. The molecule has 122 valence electrons. The molecule has 1 aromatic heterocycles. The molecule has 7 heteroatoms. The highest BCUT2D eigenvalue weighted by molar-refractivity contribution is 5.94. The highest BCUT2D eigenvalue weighted by Crippen LogP contribution is 2.19. The fourth-order valence-corrected chi connectivity index (χ4v) is 2.48. The topological polar surface area (TPSA) is 82.7 Å². The number of aromatic nitrogens is 2. The summed E-state index contributed by atoms with van der Waals surface area (Å²) in [5.41, 5.74) is 0.580. The van der Waals surface area contributed by atoms with E-state index in [0.717, 1.165) is 0 Å². The number of benzene rings is 1. The van der Waals surface area contributed by atoms with Crippen LogP contribution in [0.1, 0.15) is 35.9 Å². The lowest BCUT2D eigenvalue weighted by Crippen LogP contribution is -2.48. The van der Waals surface area contributed by atoms with Crippen LogP contribution in [0.4, 0.5) is 6.01 Å². The van der Waals surface area contributed by atoms with E-state index in [4.69, 9.17) is 4.52 Å². The molecule has 0 aliphatic carbocycles. The number of amides is 1. The minimum absolute atomic E-state index is 0.0296. The summed E-state index contributed by atoms with van der Waals surface area (Å²) in [6.07, 6.45) is 0. The first-order valence-electron chi connectivity index (χ1n) is 7.71. The Morgan fingerprint density at radius 1 is 1.17 bits per heavy atom. The van der Waals surface area contributed by atoms with E-state index in [9.17, 15) is 9.90 Å².